The lowest BCUT2D eigenvalue weighted by Gasteiger charge is -2.17. The van der Waals surface area contributed by atoms with Crippen LogP contribution in [0.5, 0.6) is 0 Å². The monoisotopic (exact) mass is 388 g/mol. The standard InChI is InChI=1S/C17H12N4O.ClHO4/c18-11-13-14(12-7-3-1-4-8-12)20-17(19)15(16(13)22)21-9-5-2-6-10-21;2-1(3,4)5/h1-10H,(H2-,19,20,22);(H,2,3,4,5). The molecule has 0 spiro atoms. The lowest BCUT2D eigenvalue weighted by Crippen LogP contribution is -2.68. The highest BCUT2D eigenvalue weighted by atomic mass is 35.7. The Bertz CT molecular complexity index is 1010. The molecule has 1 aromatic carbocycles. The summed E-state index contributed by atoms with van der Waals surface area (Å²) in [6, 6.07) is 16.6. The van der Waals surface area contributed by atoms with Crippen LogP contribution in [0, 0.1) is 21.6 Å². The molecule has 0 aliphatic rings. The number of hydrogen-bond acceptors (Lipinski definition) is 7. The van der Waals surface area contributed by atoms with Gasteiger partial charge in [-0.3, -0.25) is 4.79 Å². The number of nitrogens with zero attached hydrogens (tertiary/aromatic N) is 2. The Labute approximate surface area is 155 Å². The van der Waals surface area contributed by atoms with Crippen LogP contribution in [0.1, 0.15) is 5.56 Å². The van der Waals surface area contributed by atoms with Gasteiger partial charge in [0.2, 0.25) is 0 Å². The highest BCUT2D eigenvalue weighted by molar-refractivity contribution is 5.70. The smallest absolute Gasteiger partial charge is 0.300 e. The number of halogens is 1. The summed E-state index contributed by atoms with van der Waals surface area (Å²) in [4.78, 5) is 15.7. The van der Waals surface area contributed by atoms with Gasteiger partial charge in [0.15, 0.2) is 18.2 Å². The molecular weight excluding hydrogens is 376 g/mol. The van der Waals surface area contributed by atoms with Crippen LogP contribution in [0.15, 0.2) is 65.7 Å². The van der Waals surface area contributed by atoms with Crippen molar-refractivity contribution in [2.75, 3.05) is 5.73 Å². The number of benzene rings is 1. The first-order valence-corrected chi connectivity index (χ1v) is 8.55. The fourth-order valence-electron chi connectivity index (χ4n) is 2.34. The highest BCUT2D eigenvalue weighted by Crippen LogP contribution is 2.21. The molecule has 138 valence electrons. The van der Waals surface area contributed by atoms with Crippen LogP contribution < -0.4 is 34.4 Å². The Morgan fingerprint density at radius 3 is 2.04 bits per heavy atom. The van der Waals surface area contributed by atoms with Crippen LogP contribution in [0.4, 0.5) is 5.82 Å². The molecule has 2 aromatic heterocycles. The number of hydrogen-bond donors (Lipinski definition) is 2. The van der Waals surface area contributed by atoms with Crippen molar-refractivity contribution < 1.29 is 33.4 Å². The number of rotatable bonds is 2. The van der Waals surface area contributed by atoms with Crippen molar-refractivity contribution >= 4 is 5.82 Å². The van der Waals surface area contributed by atoms with Crippen molar-refractivity contribution in [2.24, 2.45) is 0 Å². The molecule has 0 aliphatic carbocycles. The van der Waals surface area contributed by atoms with Gasteiger partial charge in [-0.2, -0.15) is 9.83 Å². The molecule has 0 radical (unpaired) electrons. The van der Waals surface area contributed by atoms with Gasteiger partial charge in [-0.05, 0) is 5.56 Å². The molecule has 27 heavy (non-hydrogen) atoms. The first-order valence-electron chi connectivity index (χ1n) is 7.32. The van der Waals surface area contributed by atoms with Crippen molar-refractivity contribution in [3.63, 3.8) is 0 Å². The van der Waals surface area contributed by atoms with Crippen molar-refractivity contribution in [1.29, 1.82) is 5.26 Å². The Hall–Kier alpha value is -3.26. The second-order valence-electron chi connectivity index (χ2n) is 5.10. The van der Waals surface area contributed by atoms with Crippen molar-refractivity contribution in [2.45, 2.75) is 0 Å². The summed E-state index contributed by atoms with van der Waals surface area (Å²) < 4.78 is 35.6. The average molecular weight is 389 g/mol. The number of nitrogens with two attached hydrogens (primary N) is 1. The van der Waals surface area contributed by atoms with E-state index in [1.165, 1.54) is 0 Å². The second kappa shape index (κ2) is 8.41. The van der Waals surface area contributed by atoms with E-state index in [1.54, 1.807) is 29.1 Å². The van der Waals surface area contributed by atoms with Gasteiger partial charge >= 0.3 is 0 Å². The van der Waals surface area contributed by atoms with Crippen LogP contribution in [0.3, 0.4) is 0 Å². The van der Waals surface area contributed by atoms with Gasteiger partial charge in [0.25, 0.3) is 11.1 Å². The molecule has 9 nitrogen and oxygen atoms in total. The maximum absolute atomic E-state index is 12.7. The Morgan fingerprint density at radius 2 is 1.52 bits per heavy atom. The van der Waals surface area contributed by atoms with Gasteiger partial charge in [-0.1, -0.05) is 36.4 Å². The molecule has 0 unspecified atom stereocenters. The number of nitriles is 1. The summed E-state index contributed by atoms with van der Waals surface area (Å²) in [6.45, 7) is 0. The third-order valence-electron chi connectivity index (χ3n) is 3.35. The number of H-pyrrole nitrogens is 1. The number of aromatic amines is 1. The third kappa shape index (κ3) is 5.35. The molecule has 0 bridgehead atoms. The van der Waals surface area contributed by atoms with Gasteiger partial charge in [0.1, 0.15) is 11.6 Å². The quantitative estimate of drug-likeness (QED) is 0.439. The molecule has 3 aromatic rings. The molecule has 0 fully saturated rings. The molecule has 3 N–H and O–H groups in total. The molecule has 0 amide bonds. The van der Waals surface area contributed by atoms with E-state index in [9.17, 15) is 10.1 Å². The van der Waals surface area contributed by atoms with E-state index in [4.69, 9.17) is 24.4 Å². The molecule has 0 aliphatic heterocycles. The zero-order valence-corrected chi connectivity index (χ0v) is 14.4. The first kappa shape index (κ1) is 20.1. The molecular formula is C17H13ClN4O5. The Balaban J connectivity index is 0.000000465. The zero-order valence-electron chi connectivity index (χ0n) is 13.7. The van der Waals surface area contributed by atoms with E-state index in [2.05, 4.69) is 4.98 Å². The minimum atomic E-state index is -4.94. The lowest BCUT2D eigenvalue weighted by atomic mass is 10.1. The second-order valence-corrected chi connectivity index (χ2v) is 5.86. The number of aromatic nitrogens is 2. The summed E-state index contributed by atoms with van der Waals surface area (Å²) in [6.07, 6.45) is 3.43. The maximum atomic E-state index is 12.7. The van der Waals surface area contributed by atoms with Crippen LogP contribution in [-0.4, -0.2) is 4.98 Å². The van der Waals surface area contributed by atoms with Crippen molar-refractivity contribution in [3.8, 4) is 23.0 Å². The maximum Gasteiger partial charge on any atom is 0.300 e. The van der Waals surface area contributed by atoms with Crippen molar-refractivity contribution in [3.05, 3.63) is 76.7 Å². The zero-order chi connectivity index (χ0) is 20.0. The average Bonchev–Trinajstić information content (AvgIpc) is 2.61. The van der Waals surface area contributed by atoms with Crippen molar-refractivity contribution in [1.82, 2.24) is 4.98 Å². The van der Waals surface area contributed by atoms with E-state index < -0.39 is 15.7 Å². The van der Waals surface area contributed by atoms with Gasteiger partial charge in [-0.15, -0.1) is 10.2 Å². The van der Waals surface area contributed by atoms with E-state index in [0.29, 0.717) is 5.69 Å². The Kier molecular flexibility index (Phi) is 6.25. The minimum absolute atomic E-state index is 0.0479. The van der Waals surface area contributed by atoms with Gasteiger partial charge < -0.3 is 10.7 Å². The van der Waals surface area contributed by atoms with Gasteiger partial charge in [0.05, 0.1) is 5.69 Å². The molecule has 0 atom stereocenters. The highest BCUT2D eigenvalue weighted by Gasteiger charge is 2.23. The normalized spacial score (nSPS) is 10.5. The summed E-state index contributed by atoms with van der Waals surface area (Å²) >= 11 is 0. The van der Waals surface area contributed by atoms with Crippen LogP contribution in [0.2, 0.25) is 0 Å². The van der Waals surface area contributed by atoms with E-state index >= 15 is 0 Å². The molecule has 0 saturated carbocycles. The number of anilines is 1. The van der Waals surface area contributed by atoms with E-state index in [1.807, 2.05) is 42.5 Å². The van der Waals surface area contributed by atoms with Crippen LogP contribution in [-0.2, 0) is 0 Å². The predicted octanol–water partition coefficient (Wildman–Crippen LogP) is -2.98. The van der Waals surface area contributed by atoms with Gasteiger partial charge in [0, 0.05) is 12.1 Å². The number of pyridine rings is 2. The van der Waals surface area contributed by atoms with Crippen LogP contribution in [0.25, 0.3) is 16.9 Å². The Morgan fingerprint density at radius 1 is 1.00 bits per heavy atom. The number of nitrogen functional groups attached to an aromatic ring is 1. The summed E-state index contributed by atoms with van der Waals surface area (Å²) in [5.74, 6) is 0.221. The molecule has 2 heterocycles. The predicted molar refractivity (Wildman–Crippen MR) is 83.2 cm³/mol. The SMILES string of the molecule is N#Cc1c(-c2ccccc2)[nH]c(N)c(-[n+]2ccccc2)c1=O.[O-][Cl+3]([O-])([O-])[O-]. The summed E-state index contributed by atoms with van der Waals surface area (Å²) in [5, 5.41) is 9.40. The minimum Gasteiger partial charge on any atom is -0.380 e. The summed E-state index contributed by atoms with van der Waals surface area (Å²) in [7, 11) is -4.94. The summed E-state index contributed by atoms with van der Waals surface area (Å²) in [5.41, 5.74) is 7.11. The first-order chi connectivity index (χ1) is 12.7. The number of nitrogens with one attached hydrogen (secondary N) is 1. The third-order valence-corrected chi connectivity index (χ3v) is 3.35. The fourth-order valence-corrected chi connectivity index (χ4v) is 2.34. The molecule has 3 rings (SSSR count). The molecule has 10 heteroatoms. The van der Waals surface area contributed by atoms with E-state index in [0.717, 1.165) is 5.56 Å². The van der Waals surface area contributed by atoms with E-state index in [-0.39, 0.29) is 17.1 Å². The fraction of sp³-hybridized carbons (Fsp3) is 0. The van der Waals surface area contributed by atoms with Crippen LogP contribution >= 0.6 is 0 Å². The largest absolute Gasteiger partial charge is 0.380 e. The van der Waals surface area contributed by atoms with Gasteiger partial charge in [-0.25, -0.2) is 18.6 Å². The topological polar surface area (TPSA) is 179 Å². The molecule has 0 saturated heterocycles. The lowest BCUT2D eigenvalue weighted by molar-refractivity contribution is -2.00.